The maximum absolute atomic E-state index is 12.4. The summed E-state index contributed by atoms with van der Waals surface area (Å²) in [7, 11) is 0. The Morgan fingerprint density at radius 3 is 2.43 bits per heavy atom. The molecular formula is C18H31N3O2. The van der Waals surface area contributed by atoms with E-state index in [0.717, 1.165) is 5.56 Å². The molecule has 1 amide bonds. The summed E-state index contributed by atoms with van der Waals surface area (Å²) in [5.74, 6) is 0. The molecule has 0 radical (unpaired) electrons. The summed E-state index contributed by atoms with van der Waals surface area (Å²) in [6.07, 6.45) is 3.34. The van der Waals surface area contributed by atoms with E-state index < -0.39 is 5.60 Å². The molecule has 0 aliphatic rings. The number of aromatic nitrogens is 1. The minimum Gasteiger partial charge on any atom is -0.444 e. The zero-order valence-corrected chi connectivity index (χ0v) is 15.5. The van der Waals surface area contributed by atoms with Gasteiger partial charge in [-0.1, -0.05) is 6.07 Å². The van der Waals surface area contributed by atoms with Crippen molar-refractivity contribution in [3.8, 4) is 0 Å². The molecule has 1 atom stereocenters. The number of nitrogens with one attached hydrogen (secondary N) is 1. The predicted molar refractivity (Wildman–Crippen MR) is 93.3 cm³/mol. The van der Waals surface area contributed by atoms with E-state index in [0.29, 0.717) is 13.1 Å². The largest absolute Gasteiger partial charge is 0.444 e. The summed E-state index contributed by atoms with van der Waals surface area (Å²) >= 11 is 0. The van der Waals surface area contributed by atoms with E-state index in [1.54, 1.807) is 11.1 Å². The first-order chi connectivity index (χ1) is 10.5. The van der Waals surface area contributed by atoms with Gasteiger partial charge in [0.1, 0.15) is 5.60 Å². The molecule has 1 aromatic heterocycles. The maximum atomic E-state index is 12.4. The highest BCUT2D eigenvalue weighted by Gasteiger charge is 2.30. The number of pyridine rings is 1. The second-order valence-corrected chi connectivity index (χ2v) is 7.76. The average Bonchev–Trinajstić information content (AvgIpc) is 2.40. The molecule has 5 heteroatoms. The van der Waals surface area contributed by atoms with Crippen LogP contribution < -0.4 is 5.32 Å². The van der Waals surface area contributed by atoms with Crippen LogP contribution in [0.1, 0.15) is 60.1 Å². The second kappa shape index (κ2) is 7.77. The van der Waals surface area contributed by atoms with Crippen LogP contribution in [-0.4, -0.2) is 40.2 Å². The van der Waals surface area contributed by atoms with Crippen LogP contribution in [0.2, 0.25) is 0 Å². The van der Waals surface area contributed by atoms with Crippen molar-refractivity contribution in [1.82, 2.24) is 15.2 Å². The van der Waals surface area contributed by atoms with Crippen LogP contribution in [0.15, 0.2) is 24.5 Å². The zero-order chi connectivity index (χ0) is 17.7. The lowest BCUT2D eigenvalue weighted by Crippen LogP contribution is -2.50. The van der Waals surface area contributed by atoms with Crippen molar-refractivity contribution in [2.75, 3.05) is 13.1 Å². The van der Waals surface area contributed by atoms with Crippen LogP contribution in [0.5, 0.6) is 0 Å². The Labute approximate surface area is 140 Å². The fourth-order valence-corrected chi connectivity index (χ4v) is 2.16. The number of nitrogens with zero attached hydrogens (tertiary/aromatic N) is 2. The molecule has 5 nitrogen and oxygen atoms in total. The lowest BCUT2D eigenvalue weighted by atomic mass is 10.1. The molecule has 130 valence electrons. The predicted octanol–water partition coefficient (Wildman–Crippen LogP) is 3.77. The molecule has 0 saturated carbocycles. The molecule has 1 aromatic rings. The molecule has 0 aliphatic heterocycles. The fraction of sp³-hybridized carbons (Fsp3) is 0.667. The Hall–Kier alpha value is -1.62. The third kappa shape index (κ3) is 6.99. The molecule has 1 rings (SSSR count). The summed E-state index contributed by atoms with van der Waals surface area (Å²) < 4.78 is 5.52. The minimum atomic E-state index is -0.489. The van der Waals surface area contributed by atoms with Crippen LogP contribution >= 0.6 is 0 Å². The van der Waals surface area contributed by atoms with Crippen LogP contribution in [0.4, 0.5) is 4.79 Å². The molecule has 0 aromatic carbocycles. The first-order valence-electron chi connectivity index (χ1n) is 8.14. The van der Waals surface area contributed by atoms with Gasteiger partial charge >= 0.3 is 6.09 Å². The summed E-state index contributed by atoms with van der Waals surface area (Å²) in [6, 6.07) is 4.15. The van der Waals surface area contributed by atoms with Crippen LogP contribution in [0, 0.1) is 0 Å². The van der Waals surface area contributed by atoms with Crippen LogP contribution in [0.3, 0.4) is 0 Å². The van der Waals surface area contributed by atoms with Gasteiger partial charge in [-0.2, -0.15) is 0 Å². The third-order valence-corrected chi connectivity index (χ3v) is 3.39. The minimum absolute atomic E-state index is 0.184. The highest BCUT2D eigenvalue weighted by atomic mass is 16.6. The zero-order valence-electron chi connectivity index (χ0n) is 15.5. The van der Waals surface area contributed by atoms with E-state index in [1.165, 1.54) is 0 Å². The van der Waals surface area contributed by atoms with E-state index in [2.05, 4.69) is 17.2 Å². The van der Waals surface area contributed by atoms with Gasteiger partial charge in [0, 0.05) is 37.1 Å². The number of rotatable bonds is 5. The number of carbonyl (C=O) groups is 1. The Morgan fingerprint density at radius 1 is 1.30 bits per heavy atom. The van der Waals surface area contributed by atoms with Crippen molar-refractivity contribution in [3.63, 3.8) is 0 Å². The van der Waals surface area contributed by atoms with Gasteiger partial charge in [-0.15, -0.1) is 0 Å². The van der Waals surface area contributed by atoms with E-state index in [-0.39, 0.29) is 17.7 Å². The highest BCUT2D eigenvalue weighted by Crippen LogP contribution is 2.18. The molecule has 0 saturated heterocycles. The molecule has 0 fully saturated rings. The topological polar surface area (TPSA) is 54.5 Å². The van der Waals surface area contributed by atoms with E-state index >= 15 is 0 Å². The first-order valence-corrected chi connectivity index (χ1v) is 8.14. The van der Waals surface area contributed by atoms with Gasteiger partial charge in [-0.25, -0.2) is 4.79 Å². The molecule has 1 heterocycles. The molecule has 0 bridgehead atoms. The highest BCUT2D eigenvalue weighted by molar-refractivity contribution is 5.69. The first kappa shape index (κ1) is 19.4. The van der Waals surface area contributed by atoms with Gasteiger partial charge < -0.3 is 15.0 Å². The van der Waals surface area contributed by atoms with Gasteiger partial charge in [-0.3, -0.25) is 4.98 Å². The van der Waals surface area contributed by atoms with Crippen molar-refractivity contribution >= 4 is 6.09 Å². The Morgan fingerprint density at radius 2 is 1.96 bits per heavy atom. The molecular weight excluding hydrogens is 290 g/mol. The Kier molecular flexibility index (Phi) is 6.57. The second-order valence-electron chi connectivity index (χ2n) is 7.76. The standard InChI is InChI=1S/C18H31N3O2/c1-14(15-9-8-10-19-13-15)20-11-12-21(17(2,3)4)16(22)23-18(5,6)7/h8-10,13-14,20H,11-12H2,1-7H3/t14-/m0/s1. The van der Waals surface area contributed by atoms with E-state index in [1.807, 2.05) is 59.9 Å². The molecule has 0 aliphatic carbocycles. The summed E-state index contributed by atoms with van der Waals surface area (Å²) in [4.78, 5) is 18.3. The van der Waals surface area contributed by atoms with Crippen molar-refractivity contribution in [3.05, 3.63) is 30.1 Å². The smallest absolute Gasteiger partial charge is 0.410 e. The molecule has 0 unspecified atom stereocenters. The van der Waals surface area contributed by atoms with Gasteiger partial charge in [0.15, 0.2) is 0 Å². The van der Waals surface area contributed by atoms with Gasteiger partial charge in [-0.05, 0) is 60.1 Å². The quantitative estimate of drug-likeness (QED) is 0.897. The van der Waals surface area contributed by atoms with Crippen LogP contribution in [0.25, 0.3) is 0 Å². The molecule has 0 spiro atoms. The van der Waals surface area contributed by atoms with Crippen molar-refractivity contribution in [2.24, 2.45) is 0 Å². The monoisotopic (exact) mass is 321 g/mol. The van der Waals surface area contributed by atoms with E-state index in [4.69, 9.17) is 4.74 Å². The number of ether oxygens (including phenoxy) is 1. The van der Waals surface area contributed by atoms with Crippen molar-refractivity contribution in [1.29, 1.82) is 0 Å². The number of hydrogen-bond donors (Lipinski definition) is 1. The van der Waals surface area contributed by atoms with Crippen LogP contribution in [-0.2, 0) is 4.74 Å². The van der Waals surface area contributed by atoms with Crippen molar-refractivity contribution in [2.45, 2.75) is 65.6 Å². The van der Waals surface area contributed by atoms with Crippen molar-refractivity contribution < 1.29 is 9.53 Å². The normalized spacial score (nSPS) is 13.5. The van der Waals surface area contributed by atoms with Gasteiger partial charge in [0.2, 0.25) is 0 Å². The summed E-state index contributed by atoms with van der Waals surface area (Å²) in [6.45, 7) is 15.1. The maximum Gasteiger partial charge on any atom is 0.410 e. The Balaban J connectivity index is 2.60. The number of carbonyl (C=O) groups excluding carboxylic acids is 1. The van der Waals surface area contributed by atoms with Gasteiger partial charge in [0.05, 0.1) is 0 Å². The van der Waals surface area contributed by atoms with E-state index in [9.17, 15) is 4.79 Å². The lowest BCUT2D eigenvalue weighted by molar-refractivity contribution is 0.00649. The molecule has 23 heavy (non-hydrogen) atoms. The lowest BCUT2D eigenvalue weighted by Gasteiger charge is -2.37. The average molecular weight is 321 g/mol. The summed E-state index contributed by atoms with van der Waals surface area (Å²) in [5, 5.41) is 3.43. The number of amides is 1. The fourth-order valence-electron chi connectivity index (χ4n) is 2.16. The Bertz CT molecular complexity index is 489. The molecule has 1 N–H and O–H groups in total. The van der Waals surface area contributed by atoms with Gasteiger partial charge in [0.25, 0.3) is 0 Å². The third-order valence-electron chi connectivity index (χ3n) is 3.39. The number of hydrogen-bond acceptors (Lipinski definition) is 4. The summed E-state index contributed by atoms with van der Waals surface area (Å²) in [5.41, 5.74) is 0.352. The SMILES string of the molecule is C[C@H](NCCN(C(=O)OC(C)(C)C)C(C)(C)C)c1cccnc1.